The fourth-order valence-electron chi connectivity index (χ4n) is 2.90. The van der Waals surface area contributed by atoms with Crippen molar-refractivity contribution in [2.75, 3.05) is 14.2 Å². The predicted molar refractivity (Wildman–Crippen MR) is 78.7 cm³/mol. The van der Waals surface area contributed by atoms with Crippen LogP contribution in [0.1, 0.15) is 30.1 Å². The highest BCUT2D eigenvalue weighted by atomic mass is 16.5. The maximum absolute atomic E-state index is 6.19. The second-order valence-electron chi connectivity index (χ2n) is 5.16. The monoisotopic (exact) mass is 272 g/mol. The summed E-state index contributed by atoms with van der Waals surface area (Å²) in [7, 11) is 3.33. The molecule has 1 atom stereocenters. The number of rotatable bonds is 3. The van der Waals surface area contributed by atoms with E-state index in [4.69, 9.17) is 15.2 Å². The Balaban J connectivity index is 2.09. The third-order valence-electron chi connectivity index (χ3n) is 3.97. The molecule has 3 rings (SSSR count). The Bertz CT molecular complexity index is 597. The molecule has 20 heavy (non-hydrogen) atoms. The first-order chi connectivity index (χ1) is 9.72. The molecule has 1 heterocycles. The van der Waals surface area contributed by atoms with Crippen molar-refractivity contribution in [3.05, 3.63) is 41.7 Å². The first kappa shape index (κ1) is 13.1. The second kappa shape index (κ2) is 5.21. The van der Waals surface area contributed by atoms with Crippen molar-refractivity contribution in [1.29, 1.82) is 0 Å². The van der Waals surface area contributed by atoms with Crippen molar-refractivity contribution in [2.24, 2.45) is 5.73 Å². The number of benzene rings is 1. The van der Waals surface area contributed by atoms with Crippen LogP contribution in [-0.4, -0.2) is 18.8 Å². The maximum atomic E-state index is 6.19. The summed E-state index contributed by atoms with van der Waals surface area (Å²) in [5, 5.41) is 0. The number of ether oxygens (including phenoxy) is 2. The average molecular weight is 272 g/mol. The summed E-state index contributed by atoms with van der Waals surface area (Å²) in [6.45, 7) is 0. The van der Waals surface area contributed by atoms with Gasteiger partial charge in [-0.3, -0.25) is 0 Å². The quantitative estimate of drug-likeness (QED) is 0.934. The van der Waals surface area contributed by atoms with Gasteiger partial charge in [0.15, 0.2) is 0 Å². The van der Waals surface area contributed by atoms with E-state index in [1.807, 2.05) is 18.2 Å². The van der Waals surface area contributed by atoms with Crippen LogP contribution in [0.2, 0.25) is 0 Å². The number of hydrogen-bond acceptors (Lipinski definition) is 3. The van der Waals surface area contributed by atoms with Crippen molar-refractivity contribution in [2.45, 2.75) is 25.3 Å². The minimum Gasteiger partial charge on any atom is -0.497 e. The molecule has 1 unspecified atom stereocenters. The van der Waals surface area contributed by atoms with Crippen molar-refractivity contribution < 1.29 is 9.47 Å². The number of fused-ring (bicyclic) bond motifs is 1. The first-order valence-corrected chi connectivity index (χ1v) is 6.92. The lowest BCUT2D eigenvalue weighted by molar-refractivity contribution is 0.394. The van der Waals surface area contributed by atoms with E-state index in [-0.39, 0.29) is 6.04 Å². The third-order valence-corrected chi connectivity index (χ3v) is 3.97. The van der Waals surface area contributed by atoms with Crippen molar-refractivity contribution in [3.8, 4) is 17.2 Å². The zero-order chi connectivity index (χ0) is 14.1. The third kappa shape index (κ3) is 2.16. The topological polar surface area (TPSA) is 49.4 Å². The standard InChI is InChI=1S/C16H20N2O2/c1-19-12-8-11(9-13(10-12)20-2)18-7-6-14-15(17)4-3-5-16(14)18/h6-10,15H,3-5,17H2,1-2H3. The molecule has 0 saturated heterocycles. The average Bonchev–Trinajstić information content (AvgIpc) is 2.92. The van der Waals surface area contributed by atoms with E-state index in [0.29, 0.717) is 0 Å². The van der Waals surface area contributed by atoms with Gasteiger partial charge in [-0.25, -0.2) is 0 Å². The molecule has 1 aliphatic carbocycles. The highest BCUT2D eigenvalue weighted by Gasteiger charge is 2.21. The maximum Gasteiger partial charge on any atom is 0.124 e. The molecule has 106 valence electrons. The van der Waals surface area contributed by atoms with Crippen LogP contribution in [0, 0.1) is 0 Å². The van der Waals surface area contributed by atoms with Crippen LogP contribution in [0.15, 0.2) is 30.5 Å². The Kier molecular flexibility index (Phi) is 3.40. The molecule has 2 N–H and O–H groups in total. The van der Waals surface area contributed by atoms with Gasteiger partial charge in [0.05, 0.1) is 19.9 Å². The van der Waals surface area contributed by atoms with Gasteiger partial charge in [-0.1, -0.05) is 0 Å². The van der Waals surface area contributed by atoms with Crippen molar-refractivity contribution in [3.63, 3.8) is 0 Å². The fourth-order valence-corrected chi connectivity index (χ4v) is 2.90. The van der Waals surface area contributed by atoms with Crippen LogP contribution in [0.3, 0.4) is 0 Å². The van der Waals surface area contributed by atoms with Crippen LogP contribution in [-0.2, 0) is 6.42 Å². The van der Waals surface area contributed by atoms with Crippen LogP contribution in [0.25, 0.3) is 5.69 Å². The zero-order valence-corrected chi connectivity index (χ0v) is 11.9. The highest BCUT2D eigenvalue weighted by molar-refractivity contribution is 5.49. The molecular weight excluding hydrogens is 252 g/mol. The first-order valence-electron chi connectivity index (χ1n) is 6.92. The molecule has 0 spiro atoms. The lowest BCUT2D eigenvalue weighted by atomic mass is 9.93. The minimum absolute atomic E-state index is 0.160. The summed E-state index contributed by atoms with van der Waals surface area (Å²) in [5.74, 6) is 1.59. The SMILES string of the molecule is COc1cc(OC)cc(-n2ccc3c2CCCC3N)c1. The molecule has 4 heteroatoms. The van der Waals surface area contributed by atoms with Crippen molar-refractivity contribution in [1.82, 2.24) is 4.57 Å². The van der Waals surface area contributed by atoms with Gasteiger partial charge in [-0.15, -0.1) is 0 Å². The number of nitrogens with two attached hydrogens (primary N) is 1. The van der Waals surface area contributed by atoms with E-state index in [2.05, 4.69) is 16.8 Å². The summed E-state index contributed by atoms with van der Waals surface area (Å²) in [5.41, 5.74) is 9.81. The van der Waals surface area contributed by atoms with E-state index in [1.54, 1.807) is 14.2 Å². The highest BCUT2D eigenvalue weighted by Crippen LogP contribution is 2.32. The Labute approximate surface area is 119 Å². The molecule has 0 radical (unpaired) electrons. The smallest absolute Gasteiger partial charge is 0.124 e. The molecular formula is C16H20N2O2. The van der Waals surface area contributed by atoms with Crippen LogP contribution < -0.4 is 15.2 Å². The van der Waals surface area contributed by atoms with Gasteiger partial charge >= 0.3 is 0 Å². The second-order valence-corrected chi connectivity index (χ2v) is 5.16. The van der Waals surface area contributed by atoms with E-state index in [9.17, 15) is 0 Å². The van der Waals surface area contributed by atoms with E-state index >= 15 is 0 Å². The molecule has 0 amide bonds. The van der Waals surface area contributed by atoms with Crippen LogP contribution >= 0.6 is 0 Å². The van der Waals surface area contributed by atoms with Crippen molar-refractivity contribution >= 4 is 0 Å². The Morgan fingerprint density at radius 1 is 1.15 bits per heavy atom. The van der Waals surface area contributed by atoms with Crippen LogP contribution in [0.4, 0.5) is 0 Å². The fraction of sp³-hybridized carbons (Fsp3) is 0.375. The zero-order valence-electron chi connectivity index (χ0n) is 11.9. The largest absolute Gasteiger partial charge is 0.497 e. The van der Waals surface area contributed by atoms with Gasteiger partial charge < -0.3 is 19.8 Å². The molecule has 0 saturated carbocycles. The van der Waals surface area contributed by atoms with Crippen LogP contribution in [0.5, 0.6) is 11.5 Å². The summed E-state index contributed by atoms with van der Waals surface area (Å²) >= 11 is 0. The molecule has 2 aromatic rings. The number of methoxy groups -OCH3 is 2. The molecule has 0 fully saturated rings. The summed E-state index contributed by atoms with van der Waals surface area (Å²) in [6.07, 6.45) is 5.36. The molecule has 0 bridgehead atoms. The molecule has 1 aliphatic rings. The number of hydrogen-bond donors (Lipinski definition) is 1. The van der Waals surface area contributed by atoms with Gasteiger partial charge in [0.2, 0.25) is 0 Å². The molecule has 1 aromatic carbocycles. The van der Waals surface area contributed by atoms with Gasteiger partial charge in [-0.2, -0.15) is 0 Å². The summed E-state index contributed by atoms with van der Waals surface area (Å²) < 4.78 is 12.9. The molecule has 0 aliphatic heterocycles. The minimum atomic E-state index is 0.160. The molecule has 1 aromatic heterocycles. The van der Waals surface area contributed by atoms with Gasteiger partial charge in [0.25, 0.3) is 0 Å². The summed E-state index contributed by atoms with van der Waals surface area (Å²) in [6, 6.07) is 8.20. The van der Waals surface area contributed by atoms with Gasteiger partial charge in [0.1, 0.15) is 11.5 Å². The Morgan fingerprint density at radius 2 is 1.85 bits per heavy atom. The lowest BCUT2D eigenvalue weighted by Gasteiger charge is -2.21. The lowest BCUT2D eigenvalue weighted by Crippen LogP contribution is -2.17. The van der Waals surface area contributed by atoms with Gasteiger partial charge in [0, 0.05) is 36.1 Å². The molecule has 4 nitrogen and oxygen atoms in total. The Hall–Kier alpha value is -1.94. The summed E-state index contributed by atoms with van der Waals surface area (Å²) in [4.78, 5) is 0. The van der Waals surface area contributed by atoms with E-state index in [0.717, 1.165) is 36.4 Å². The normalized spacial score (nSPS) is 17.6. The van der Waals surface area contributed by atoms with E-state index < -0.39 is 0 Å². The van der Waals surface area contributed by atoms with Gasteiger partial charge in [-0.05, 0) is 30.9 Å². The Morgan fingerprint density at radius 3 is 2.50 bits per heavy atom. The predicted octanol–water partition coefficient (Wildman–Crippen LogP) is 2.83. The van der Waals surface area contributed by atoms with E-state index in [1.165, 1.54) is 11.3 Å². The number of aromatic nitrogens is 1. The number of nitrogens with zero attached hydrogens (tertiary/aromatic N) is 1.